The first-order chi connectivity index (χ1) is 9.26. The molecule has 19 heavy (non-hydrogen) atoms. The maximum Gasteiger partial charge on any atom is 0.121 e. The molecule has 100 valence electrons. The lowest BCUT2D eigenvalue weighted by Gasteiger charge is -2.06. The number of nitrogens with one attached hydrogen (secondary N) is 1. The number of aryl methyl sites for hydroxylation is 1. The number of aromatic nitrogens is 3. The summed E-state index contributed by atoms with van der Waals surface area (Å²) in [6.45, 7) is 2.81. The molecular weight excluding hydrogens is 240 g/mol. The Bertz CT molecular complexity index is 575. The summed E-state index contributed by atoms with van der Waals surface area (Å²) in [4.78, 5) is 0. The van der Waals surface area contributed by atoms with Crippen LogP contribution in [0.2, 0.25) is 0 Å². The molecule has 1 aliphatic carbocycles. The molecule has 1 aliphatic rings. The van der Waals surface area contributed by atoms with Gasteiger partial charge >= 0.3 is 0 Å². The summed E-state index contributed by atoms with van der Waals surface area (Å²) in [5.74, 6) is 0.888. The van der Waals surface area contributed by atoms with Gasteiger partial charge in [-0.25, -0.2) is 4.68 Å². The Morgan fingerprint density at radius 3 is 2.95 bits per heavy atom. The second-order valence-corrected chi connectivity index (χ2v) is 4.96. The lowest BCUT2D eigenvalue weighted by atomic mass is 10.2. The minimum atomic E-state index is 0.688. The smallest absolute Gasteiger partial charge is 0.121 e. The van der Waals surface area contributed by atoms with Crippen molar-refractivity contribution >= 4 is 0 Å². The zero-order chi connectivity index (χ0) is 13.2. The van der Waals surface area contributed by atoms with E-state index in [2.05, 4.69) is 15.6 Å². The summed E-state index contributed by atoms with van der Waals surface area (Å²) in [6, 6.07) is 6.67. The van der Waals surface area contributed by atoms with E-state index >= 15 is 0 Å². The molecule has 1 fully saturated rings. The first-order valence-corrected chi connectivity index (χ1v) is 6.56. The highest BCUT2D eigenvalue weighted by atomic mass is 16.5. The molecule has 0 aliphatic heterocycles. The van der Waals surface area contributed by atoms with Gasteiger partial charge in [-0.1, -0.05) is 5.21 Å². The van der Waals surface area contributed by atoms with E-state index in [0.717, 1.165) is 29.2 Å². The molecule has 1 saturated carbocycles. The molecule has 0 unspecified atom stereocenters. The lowest BCUT2D eigenvalue weighted by Crippen LogP contribution is -2.15. The van der Waals surface area contributed by atoms with Crippen LogP contribution in [0.15, 0.2) is 24.4 Å². The molecule has 0 amide bonds. The number of nitrogens with zero attached hydrogens (tertiary/aromatic N) is 3. The molecule has 1 N–H and O–H groups in total. The van der Waals surface area contributed by atoms with Gasteiger partial charge in [0.2, 0.25) is 0 Å². The highest BCUT2D eigenvalue weighted by molar-refractivity contribution is 5.43. The summed E-state index contributed by atoms with van der Waals surface area (Å²) >= 11 is 0. The minimum Gasteiger partial charge on any atom is -0.496 e. The standard InChI is InChI=1S/C14H18N4O/c1-10-7-13(5-6-14(10)19-2)18-9-12(16-17-18)8-15-11-3-4-11/h5-7,9,11,15H,3-4,8H2,1-2H3. The average Bonchev–Trinajstić information content (AvgIpc) is 3.13. The van der Waals surface area contributed by atoms with Crippen LogP contribution < -0.4 is 10.1 Å². The van der Waals surface area contributed by atoms with Gasteiger partial charge in [0.1, 0.15) is 5.75 Å². The molecule has 1 aromatic heterocycles. The van der Waals surface area contributed by atoms with Crippen LogP contribution in [0.3, 0.4) is 0 Å². The van der Waals surface area contributed by atoms with Crippen molar-refractivity contribution in [3.8, 4) is 11.4 Å². The van der Waals surface area contributed by atoms with Gasteiger partial charge in [0, 0.05) is 12.6 Å². The van der Waals surface area contributed by atoms with E-state index in [-0.39, 0.29) is 0 Å². The molecule has 3 rings (SSSR count). The highest BCUT2D eigenvalue weighted by Crippen LogP contribution is 2.21. The second kappa shape index (κ2) is 5.01. The van der Waals surface area contributed by atoms with E-state index in [9.17, 15) is 0 Å². The Kier molecular flexibility index (Phi) is 3.21. The Hall–Kier alpha value is -1.88. The number of hydrogen-bond donors (Lipinski definition) is 1. The van der Waals surface area contributed by atoms with E-state index in [4.69, 9.17) is 4.74 Å². The Morgan fingerprint density at radius 2 is 2.26 bits per heavy atom. The maximum atomic E-state index is 5.26. The summed E-state index contributed by atoms with van der Waals surface area (Å²) in [6.07, 6.45) is 4.54. The Labute approximate surface area is 112 Å². The van der Waals surface area contributed by atoms with E-state index in [0.29, 0.717) is 6.04 Å². The van der Waals surface area contributed by atoms with Crippen LogP contribution in [0.1, 0.15) is 24.1 Å². The van der Waals surface area contributed by atoms with E-state index in [1.54, 1.807) is 11.8 Å². The van der Waals surface area contributed by atoms with Gasteiger partial charge in [-0.2, -0.15) is 0 Å². The summed E-state index contributed by atoms with van der Waals surface area (Å²) in [5.41, 5.74) is 3.07. The number of rotatable bonds is 5. The first kappa shape index (κ1) is 12.2. The van der Waals surface area contributed by atoms with Crippen molar-refractivity contribution in [2.45, 2.75) is 32.4 Å². The molecule has 1 heterocycles. The third-order valence-electron chi connectivity index (χ3n) is 3.33. The molecule has 5 nitrogen and oxygen atoms in total. The zero-order valence-corrected chi connectivity index (χ0v) is 11.3. The van der Waals surface area contributed by atoms with Crippen LogP contribution in [-0.2, 0) is 6.54 Å². The SMILES string of the molecule is COc1ccc(-n2cc(CNC3CC3)nn2)cc1C. The molecule has 2 aromatic rings. The number of hydrogen-bond acceptors (Lipinski definition) is 4. The zero-order valence-electron chi connectivity index (χ0n) is 11.3. The maximum absolute atomic E-state index is 5.26. The van der Waals surface area contributed by atoms with Crippen molar-refractivity contribution in [2.24, 2.45) is 0 Å². The van der Waals surface area contributed by atoms with Crippen molar-refractivity contribution in [3.63, 3.8) is 0 Å². The fourth-order valence-electron chi connectivity index (χ4n) is 2.05. The van der Waals surface area contributed by atoms with Crippen LogP contribution in [0.25, 0.3) is 5.69 Å². The van der Waals surface area contributed by atoms with Crippen molar-refractivity contribution in [1.29, 1.82) is 0 Å². The summed E-state index contributed by atoms with van der Waals surface area (Å²) in [5, 5.41) is 11.8. The van der Waals surface area contributed by atoms with Crippen molar-refractivity contribution in [1.82, 2.24) is 20.3 Å². The lowest BCUT2D eigenvalue weighted by molar-refractivity contribution is 0.411. The molecule has 0 bridgehead atoms. The van der Waals surface area contributed by atoms with Crippen LogP contribution in [0, 0.1) is 6.92 Å². The van der Waals surface area contributed by atoms with Gasteiger partial charge in [0.05, 0.1) is 24.7 Å². The predicted octanol–water partition coefficient (Wildman–Crippen LogP) is 1.84. The Balaban J connectivity index is 1.75. The van der Waals surface area contributed by atoms with Crippen molar-refractivity contribution in [3.05, 3.63) is 35.7 Å². The summed E-state index contributed by atoms with van der Waals surface area (Å²) < 4.78 is 7.06. The van der Waals surface area contributed by atoms with Gasteiger partial charge < -0.3 is 10.1 Å². The van der Waals surface area contributed by atoms with E-state index < -0.39 is 0 Å². The van der Waals surface area contributed by atoms with Crippen LogP contribution >= 0.6 is 0 Å². The molecule has 0 atom stereocenters. The highest BCUT2D eigenvalue weighted by Gasteiger charge is 2.20. The molecule has 0 radical (unpaired) electrons. The Morgan fingerprint density at radius 1 is 1.42 bits per heavy atom. The quantitative estimate of drug-likeness (QED) is 0.889. The van der Waals surface area contributed by atoms with Gasteiger partial charge in [0.25, 0.3) is 0 Å². The van der Waals surface area contributed by atoms with Gasteiger partial charge in [-0.05, 0) is 43.5 Å². The third-order valence-corrected chi connectivity index (χ3v) is 3.33. The summed E-state index contributed by atoms with van der Waals surface area (Å²) in [7, 11) is 1.68. The van der Waals surface area contributed by atoms with E-state index in [1.807, 2.05) is 31.3 Å². The normalized spacial score (nSPS) is 14.6. The van der Waals surface area contributed by atoms with Gasteiger partial charge in [-0.15, -0.1) is 5.10 Å². The number of methoxy groups -OCH3 is 1. The number of ether oxygens (including phenoxy) is 1. The molecular formula is C14H18N4O. The van der Waals surface area contributed by atoms with Crippen molar-refractivity contribution in [2.75, 3.05) is 7.11 Å². The van der Waals surface area contributed by atoms with Crippen molar-refractivity contribution < 1.29 is 4.74 Å². The van der Waals surface area contributed by atoms with E-state index in [1.165, 1.54) is 12.8 Å². The largest absolute Gasteiger partial charge is 0.496 e. The molecule has 1 aromatic carbocycles. The monoisotopic (exact) mass is 258 g/mol. The fourth-order valence-corrected chi connectivity index (χ4v) is 2.05. The second-order valence-electron chi connectivity index (χ2n) is 4.96. The molecule has 5 heteroatoms. The first-order valence-electron chi connectivity index (χ1n) is 6.56. The minimum absolute atomic E-state index is 0.688. The topological polar surface area (TPSA) is 52.0 Å². The van der Waals surface area contributed by atoms with Crippen LogP contribution in [-0.4, -0.2) is 28.1 Å². The van der Waals surface area contributed by atoms with Crippen LogP contribution in [0.5, 0.6) is 5.75 Å². The van der Waals surface area contributed by atoms with Gasteiger partial charge in [0.15, 0.2) is 0 Å². The van der Waals surface area contributed by atoms with Gasteiger partial charge in [-0.3, -0.25) is 0 Å². The number of benzene rings is 1. The molecule has 0 saturated heterocycles. The van der Waals surface area contributed by atoms with Crippen LogP contribution in [0.4, 0.5) is 0 Å². The fraction of sp³-hybridized carbons (Fsp3) is 0.429. The molecule has 0 spiro atoms. The predicted molar refractivity (Wildman–Crippen MR) is 72.5 cm³/mol. The average molecular weight is 258 g/mol. The third kappa shape index (κ3) is 2.76.